The summed E-state index contributed by atoms with van der Waals surface area (Å²) in [4.78, 5) is 0. The number of benzene rings is 1. The summed E-state index contributed by atoms with van der Waals surface area (Å²) in [5.41, 5.74) is 6.63. The van der Waals surface area contributed by atoms with Gasteiger partial charge >= 0.3 is 0 Å². The van der Waals surface area contributed by atoms with Crippen LogP contribution in [0.3, 0.4) is 0 Å². The maximum Gasteiger partial charge on any atom is 0.0750 e. The number of rotatable bonds is 3. The SMILES string of the molecule is NCC1(Nc2ccc(Br)c(Cl)c2)CCOC1. The van der Waals surface area contributed by atoms with Crippen molar-refractivity contribution in [1.82, 2.24) is 0 Å². The van der Waals surface area contributed by atoms with E-state index in [1.807, 2.05) is 18.2 Å². The highest BCUT2D eigenvalue weighted by atomic mass is 79.9. The second-order valence-corrected chi connectivity index (χ2v) is 5.30. The Morgan fingerprint density at radius 2 is 2.38 bits per heavy atom. The summed E-state index contributed by atoms with van der Waals surface area (Å²) in [6, 6.07) is 5.79. The van der Waals surface area contributed by atoms with E-state index in [1.54, 1.807) is 0 Å². The molecule has 1 aromatic carbocycles. The molecular weight excluding hydrogens is 291 g/mol. The lowest BCUT2D eigenvalue weighted by Crippen LogP contribution is -2.46. The molecule has 0 radical (unpaired) electrons. The van der Waals surface area contributed by atoms with E-state index in [0.29, 0.717) is 18.2 Å². The van der Waals surface area contributed by atoms with Crippen molar-refractivity contribution in [3.8, 4) is 0 Å². The highest BCUT2D eigenvalue weighted by Crippen LogP contribution is 2.29. The van der Waals surface area contributed by atoms with E-state index in [-0.39, 0.29) is 5.54 Å². The highest BCUT2D eigenvalue weighted by Gasteiger charge is 2.33. The molecule has 2 rings (SSSR count). The minimum atomic E-state index is -0.142. The van der Waals surface area contributed by atoms with Gasteiger partial charge in [-0.15, -0.1) is 0 Å². The summed E-state index contributed by atoms with van der Waals surface area (Å²) in [5, 5.41) is 4.11. The van der Waals surface area contributed by atoms with Gasteiger partial charge in [-0.05, 0) is 40.5 Å². The summed E-state index contributed by atoms with van der Waals surface area (Å²) in [6.45, 7) is 1.96. The van der Waals surface area contributed by atoms with E-state index < -0.39 is 0 Å². The summed E-state index contributed by atoms with van der Waals surface area (Å²) >= 11 is 9.40. The Morgan fingerprint density at radius 3 is 2.94 bits per heavy atom. The predicted molar refractivity (Wildman–Crippen MR) is 70.0 cm³/mol. The van der Waals surface area contributed by atoms with E-state index in [1.165, 1.54) is 0 Å². The fourth-order valence-corrected chi connectivity index (χ4v) is 2.23. The summed E-state index contributed by atoms with van der Waals surface area (Å²) in [7, 11) is 0. The Bertz CT molecular complexity index is 380. The van der Waals surface area contributed by atoms with Crippen LogP contribution in [-0.2, 0) is 4.74 Å². The molecule has 1 fully saturated rings. The number of nitrogens with two attached hydrogens (primary N) is 1. The Labute approximate surface area is 108 Å². The van der Waals surface area contributed by atoms with Crippen LogP contribution < -0.4 is 11.1 Å². The maximum atomic E-state index is 6.04. The Morgan fingerprint density at radius 1 is 1.56 bits per heavy atom. The second kappa shape index (κ2) is 4.92. The van der Waals surface area contributed by atoms with Crippen LogP contribution in [0, 0.1) is 0 Å². The number of anilines is 1. The minimum Gasteiger partial charge on any atom is -0.379 e. The van der Waals surface area contributed by atoms with Crippen LogP contribution >= 0.6 is 27.5 Å². The number of hydrogen-bond donors (Lipinski definition) is 2. The third-order valence-corrected chi connectivity index (χ3v) is 4.06. The van der Waals surface area contributed by atoms with Crippen molar-refractivity contribution in [3.63, 3.8) is 0 Å². The van der Waals surface area contributed by atoms with Crippen LogP contribution in [0.1, 0.15) is 6.42 Å². The van der Waals surface area contributed by atoms with Crippen LogP contribution in [0.2, 0.25) is 5.02 Å². The average Bonchev–Trinajstić information content (AvgIpc) is 2.73. The highest BCUT2D eigenvalue weighted by molar-refractivity contribution is 9.10. The summed E-state index contributed by atoms with van der Waals surface area (Å²) < 4.78 is 6.29. The van der Waals surface area contributed by atoms with Crippen LogP contribution in [-0.4, -0.2) is 25.3 Å². The van der Waals surface area contributed by atoms with Crippen LogP contribution in [0.25, 0.3) is 0 Å². The van der Waals surface area contributed by atoms with E-state index in [2.05, 4.69) is 21.2 Å². The van der Waals surface area contributed by atoms with Crippen LogP contribution in [0.15, 0.2) is 22.7 Å². The smallest absolute Gasteiger partial charge is 0.0750 e. The lowest BCUT2D eigenvalue weighted by molar-refractivity contribution is 0.183. The Balaban J connectivity index is 2.16. The zero-order chi connectivity index (χ0) is 11.6. The molecule has 0 saturated carbocycles. The van der Waals surface area contributed by atoms with Gasteiger partial charge in [-0.25, -0.2) is 0 Å². The molecule has 1 unspecified atom stereocenters. The molecule has 0 amide bonds. The van der Waals surface area contributed by atoms with E-state index in [4.69, 9.17) is 22.1 Å². The van der Waals surface area contributed by atoms with Gasteiger partial charge in [0.05, 0.1) is 17.2 Å². The second-order valence-electron chi connectivity index (χ2n) is 4.04. The third-order valence-electron chi connectivity index (χ3n) is 2.82. The van der Waals surface area contributed by atoms with Crippen molar-refractivity contribution in [1.29, 1.82) is 0 Å². The minimum absolute atomic E-state index is 0.142. The zero-order valence-corrected chi connectivity index (χ0v) is 11.1. The van der Waals surface area contributed by atoms with Gasteiger partial charge in [0.15, 0.2) is 0 Å². The molecular formula is C11H14BrClN2O. The lowest BCUT2D eigenvalue weighted by Gasteiger charge is -2.28. The lowest BCUT2D eigenvalue weighted by atomic mass is 9.98. The molecule has 3 nitrogen and oxygen atoms in total. The van der Waals surface area contributed by atoms with Gasteiger partial charge in [0, 0.05) is 23.3 Å². The number of nitrogens with one attached hydrogen (secondary N) is 1. The Hall–Kier alpha value is -0.290. The van der Waals surface area contributed by atoms with Gasteiger partial charge in [-0.2, -0.15) is 0 Å². The molecule has 1 aliphatic heterocycles. The van der Waals surface area contributed by atoms with Crippen molar-refractivity contribution in [2.75, 3.05) is 25.1 Å². The van der Waals surface area contributed by atoms with E-state index in [9.17, 15) is 0 Å². The molecule has 1 heterocycles. The largest absolute Gasteiger partial charge is 0.379 e. The molecule has 1 aromatic rings. The third kappa shape index (κ3) is 2.51. The maximum absolute atomic E-state index is 6.04. The van der Waals surface area contributed by atoms with Crippen molar-refractivity contribution < 1.29 is 4.74 Å². The molecule has 0 aliphatic carbocycles. The van der Waals surface area contributed by atoms with Crippen molar-refractivity contribution in [2.45, 2.75) is 12.0 Å². The van der Waals surface area contributed by atoms with Gasteiger partial charge < -0.3 is 15.8 Å². The number of halogens is 2. The first-order chi connectivity index (χ1) is 7.65. The fraction of sp³-hybridized carbons (Fsp3) is 0.455. The fourth-order valence-electron chi connectivity index (χ4n) is 1.80. The normalized spacial score (nSPS) is 24.7. The quantitative estimate of drug-likeness (QED) is 0.902. The number of ether oxygens (including phenoxy) is 1. The Kier molecular flexibility index (Phi) is 3.74. The first kappa shape index (κ1) is 12.2. The van der Waals surface area contributed by atoms with Gasteiger partial charge in [-0.3, -0.25) is 0 Å². The van der Waals surface area contributed by atoms with Gasteiger partial charge in [0.25, 0.3) is 0 Å². The molecule has 1 atom stereocenters. The first-order valence-electron chi connectivity index (χ1n) is 5.16. The molecule has 16 heavy (non-hydrogen) atoms. The zero-order valence-electron chi connectivity index (χ0n) is 8.80. The summed E-state index contributed by atoms with van der Waals surface area (Å²) in [5.74, 6) is 0. The molecule has 88 valence electrons. The molecule has 0 aromatic heterocycles. The first-order valence-corrected chi connectivity index (χ1v) is 6.33. The van der Waals surface area contributed by atoms with Gasteiger partial charge in [0.1, 0.15) is 0 Å². The van der Waals surface area contributed by atoms with Gasteiger partial charge in [0.2, 0.25) is 0 Å². The van der Waals surface area contributed by atoms with Crippen molar-refractivity contribution in [2.24, 2.45) is 5.73 Å². The molecule has 0 bridgehead atoms. The van der Waals surface area contributed by atoms with Crippen molar-refractivity contribution in [3.05, 3.63) is 27.7 Å². The van der Waals surface area contributed by atoms with Gasteiger partial charge in [-0.1, -0.05) is 11.6 Å². The average molecular weight is 306 g/mol. The van der Waals surface area contributed by atoms with Crippen LogP contribution in [0.5, 0.6) is 0 Å². The number of hydrogen-bond acceptors (Lipinski definition) is 3. The molecule has 1 aliphatic rings. The molecule has 5 heteroatoms. The standard InChI is InChI=1S/C11H14BrClN2O/c12-9-2-1-8(5-10(9)13)15-11(6-14)3-4-16-7-11/h1-2,5,15H,3-4,6-7,14H2. The molecule has 3 N–H and O–H groups in total. The van der Waals surface area contributed by atoms with E-state index >= 15 is 0 Å². The monoisotopic (exact) mass is 304 g/mol. The topological polar surface area (TPSA) is 47.3 Å². The predicted octanol–water partition coefficient (Wildman–Crippen LogP) is 2.63. The van der Waals surface area contributed by atoms with Crippen molar-refractivity contribution >= 4 is 33.2 Å². The summed E-state index contributed by atoms with van der Waals surface area (Å²) in [6.07, 6.45) is 0.928. The molecule has 1 saturated heterocycles. The molecule has 0 spiro atoms. The van der Waals surface area contributed by atoms with E-state index in [0.717, 1.165) is 23.2 Å². The van der Waals surface area contributed by atoms with Crippen LogP contribution in [0.4, 0.5) is 5.69 Å².